The number of aromatic nitrogens is 1. The van der Waals surface area contributed by atoms with Crippen molar-refractivity contribution in [1.82, 2.24) is 10.3 Å². The number of β-amino-alcohol motifs (C(OH)–C–C–N with tert-alkyl or cyclic N) is 1. The van der Waals surface area contributed by atoms with E-state index in [-0.39, 0.29) is 17.9 Å². The molecule has 0 fully saturated rings. The van der Waals surface area contributed by atoms with Crippen molar-refractivity contribution in [2.75, 3.05) is 13.2 Å². The van der Waals surface area contributed by atoms with Gasteiger partial charge in [0.2, 0.25) is 0 Å². The predicted octanol–water partition coefficient (Wildman–Crippen LogP) is 6.17. The van der Waals surface area contributed by atoms with Gasteiger partial charge in [-0.2, -0.15) is 0 Å². The van der Waals surface area contributed by atoms with Gasteiger partial charge in [-0.05, 0) is 80.4 Å². The van der Waals surface area contributed by atoms with Crippen molar-refractivity contribution in [1.29, 1.82) is 0 Å². The second-order valence-electron chi connectivity index (χ2n) is 10.00. The fraction of sp³-hybridized carbons (Fsp3) is 0.226. The number of nitrogens with one attached hydrogen (secondary N) is 2. The molecule has 0 aliphatic carbocycles. The molecule has 0 saturated carbocycles. The van der Waals surface area contributed by atoms with E-state index in [0.29, 0.717) is 12.3 Å². The summed E-state index contributed by atoms with van der Waals surface area (Å²) in [5, 5.41) is 25.7. The fourth-order valence-corrected chi connectivity index (χ4v) is 4.53. The van der Waals surface area contributed by atoms with E-state index in [2.05, 4.69) is 36.3 Å². The molecule has 0 spiro atoms. The molecule has 5 rings (SSSR count). The second-order valence-corrected chi connectivity index (χ2v) is 10.00. The van der Waals surface area contributed by atoms with Crippen molar-refractivity contribution in [2.24, 2.45) is 0 Å². The van der Waals surface area contributed by atoms with Gasteiger partial charge in [-0.3, -0.25) is 0 Å². The molecule has 1 heterocycles. The van der Waals surface area contributed by atoms with E-state index in [1.165, 1.54) is 0 Å². The average Bonchev–Trinajstić information content (AvgIpc) is 3.28. The highest BCUT2D eigenvalue weighted by atomic mass is 16.5. The summed E-state index contributed by atoms with van der Waals surface area (Å²) in [5.41, 5.74) is 3.02. The quantitative estimate of drug-likeness (QED) is 0.186. The number of hydrogen-bond acceptors (Lipinski definition) is 5. The smallest absolute Gasteiger partial charge is 0.129 e. The molecule has 0 bridgehead atoms. The number of phenols is 1. The van der Waals surface area contributed by atoms with E-state index in [1.54, 1.807) is 24.3 Å². The monoisotopic (exact) mass is 496 g/mol. The van der Waals surface area contributed by atoms with Crippen molar-refractivity contribution < 1.29 is 19.7 Å². The van der Waals surface area contributed by atoms with Gasteiger partial charge in [0.05, 0.1) is 5.52 Å². The summed E-state index contributed by atoms with van der Waals surface area (Å²) in [6.45, 7) is 4.85. The third-order valence-electron chi connectivity index (χ3n) is 6.38. The number of hydrogen-bond donors (Lipinski definition) is 4. The SMILES string of the molecule is CC(C)(Cc1ccc(Oc2ccc(O)cc2)cc1)NC[C@H](O)COc1cccc2[nH]c3ccccc3c12. The molecule has 0 saturated heterocycles. The van der Waals surface area contributed by atoms with Crippen LogP contribution in [-0.4, -0.2) is 40.0 Å². The zero-order valence-corrected chi connectivity index (χ0v) is 21.1. The van der Waals surface area contributed by atoms with Gasteiger partial charge in [0.15, 0.2) is 0 Å². The number of para-hydroxylation sites is 1. The van der Waals surface area contributed by atoms with Crippen LogP contribution in [0.3, 0.4) is 0 Å². The van der Waals surface area contributed by atoms with Gasteiger partial charge >= 0.3 is 0 Å². The lowest BCUT2D eigenvalue weighted by Crippen LogP contribution is -2.46. The van der Waals surface area contributed by atoms with Crippen LogP contribution in [0.5, 0.6) is 23.0 Å². The lowest BCUT2D eigenvalue weighted by atomic mass is 9.94. The van der Waals surface area contributed by atoms with Crippen LogP contribution in [0.1, 0.15) is 19.4 Å². The number of ether oxygens (including phenoxy) is 2. The molecule has 5 aromatic rings. The van der Waals surface area contributed by atoms with Gasteiger partial charge in [0, 0.05) is 28.4 Å². The lowest BCUT2D eigenvalue weighted by molar-refractivity contribution is 0.0996. The summed E-state index contributed by atoms with van der Waals surface area (Å²) in [6, 6.07) is 28.7. The number of phenolic OH excluding ortho intramolecular Hbond substituents is 1. The van der Waals surface area contributed by atoms with Crippen LogP contribution in [0.25, 0.3) is 21.8 Å². The van der Waals surface area contributed by atoms with Gasteiger partial charge in [0.25, 0.3) is 0 Å². The Bertz CT molecular complexity index is 1470. The first kappa shape index (κ1) is 24.7. The predicted molar refractivity (Wildman–Crippen MR) is 148 cm³/mol. The Morgan fingerprint density at radius 2 is 1.51 bits per heavy atom. The molecule has 0 amide bonds. The Kier molecular flexibility index (Phi) is 7.04. The number of fused-ring (bicyclic) bond motifs is 3. The maximum absolute atomic E-state index is 10.6. The van der Waals surface area contributed by atoms with Crippen LogP contribution in [0.4, 0.5) is 0 Å². The number of aromatic amines is 1. The number of rotatable bonds is 10. The van der Waals surface area contributed by atoms with Crippen molar-refractivity contribution in [3.63, 3.8) is 0 Å². The van der Waals surface area contributed by atoms with E-state index in [1.807, 2.05) is 54.6 Å². The summed E-state index contributed by atoms with van der Waals surface area (Å²) >= 11 is 0. The fourth-order valence-electron chi connectivity index (χ4n) is 4.53. The Balaban J connectivity index is 1.14. The summed E-state index contributed by atoms with van der Waals surface area (Å²) < 4.78 is 11.9. The second kappa shape index (κ2) is 10.5. The van der Waals surface area contributed by atoms with E-state index < -0.39 is 6.10 Å². The van der Waals surface area contributed by atoms with Crippen molar-refractivity contribution >= 4 is 21.8 Å². The molecule has 0 aliphatic heterocycles. The maximum atomic E-state index is 10.6. The van der Waals surface area contributed by atoms with E-state index in [4.69, 9.17) is 9.47 Å². The molecular weight excluding hydrogens is 464 g/mol. The number of aromatic hydroxyl groups is 1. The Hall–Kier alpha value is -4.00. The first-order valence-corrected chi connectivity index (χ1v) is 12.5. The molecule has 37 heavy (non-hydrogen) atoms. The zero-order chi connectivity index (χ0) is 25.8. The largest absolute Gasteiger partial charge is 0.508 e. The van der Waals surface area contributed by atoms with Crippen LogP contribution < -0.4 is 14.8 Å². The Morgan fingerprint density at radius 1 is 0.838 bits per heavy atom. The molecule has 4 N–H and O–H groups in total. The third-order valence-corrected chi connectivity index (χ3v) is 6.38. The Morgan fingerprint density at radius 3 is 2.27 bits per heavy atom. The average molecular weight is 497 g/mol. The molecule has 6 heteroatoms. The van der Waals surface area contributed by atoms with E-state index in [0.717, 1.165) is 45.3 Å². The van der Waals surface area contributed by atoms with Crippen LogP contribution in [0.2, 0.25) is 0 Å². The van der Waals surface area contributed by atoms with Gasteiger partial charge in [0.1, 0.15) is 35.7 Å². The highest BCUT2D eigenvalue weighted by Crippen LogP contribution is 2.33. The lowest BCUT2D eigenvalue weighted by Gasteiger charge is -2.28. The highest BCUT2D eigenvalue weighted by molar-refractivity contribution is 6.10. The molecule has 0 radical (unpaired) electrons. The Labute approximate surface area is 216 Å². The minimum absolute atomic E-state index is 0.199. The molecule has 1 aromatic heterocycles. The molecule has 0 aliphatic rings. The van der Waals surface area contributed by atoms with Crippen molar-refractivity contribution in [2.45, 2.75) is 31.9 Å². The first-order valence-electron chi connectivity index (χ1n) is 12.5. The summed E-state index contributed by atoms with van der Waals surface area (Å²) in [5.74, 6) is 2.38. The molecule has 190 valence electrons. The normalized spacial score (nSPS) is 12.6. The van der Waals surface area contributed by atoms with Crippen LogP contribution in [0.15, 0.2) is 91.0 Å². The van der Waals surface area contributed by atoms with Crippen LogP contribution >= 0.6 is 0 Å². The van der Waals surface area contributed by atoms with Crippen molar-refractivity contribution in [3.8, 4) is 23.0 Å². The first-order chi connectivity index (χ1) is 17.9. The van der Waals surface area contributed by atoms with Crippen LogP contribution in [-0.2, 0) is 6.42 Å². The molecule has 0 unspecified atom stereocenters. The van der Waals surface area contributed by atoms with Gasteiger partial charge in [-0.1, -0.05) is 36.4 Å². The van der Waals surface area contributed by atoms with E-state index in [9.17, 15) is 10.2 Å². The van der Waals surface area contributed by atoms with Crippen LogP contribution in [0, 0.1) is 0 Å². The minimum atomic E-state index is -0.652. The summed E-state index contributed by atoms with van der Waals surface area (Å²) in [7, 11) is 0. The standard InChI is InChI=1S/C31H32N2O4/c1-31(2,18-21-10-14-24(15-11-21)37-25-16-12-22(34)13-17-25)32-19-23(35)20-36-29-9-5-8-28-30(29)26-6-3-4-7-27(26)33-28/h3-17,23,32-35H,18-20H2,1-2H3/t23-/m0/s1. The van der Waals surface area contributed by atoms with Gasteiger partial charge in [-0.25, -0.2) is 0 Å². The molecular formula is C31H32N2O4. The number of aliphatic hydroxyl groups excluding tert-OH is 1. The topological polar surface area (TPSA) is 86.7 Å². The van der Waals surface area contributed by atoms with Crippen molar-refractivity contribution in [3.05, 3.63) is 96.6 Å². The van der Waals surface area contributed by atoms with Gasteiger partial charge < -0.3 is 30.0 Å². The molecule has 1 atom stereocenters. The number of H-pyrrole nitrogens is 1. The molecule has 6 nitrogen and oxygen atoms in total. The summed E-state index contributed by atoms with van der Waals surface area (Å²) in [4.78, 5) is 3.42. The summed E-state index contributed by atoms with van der Waals surface area (Å²) in [6.07, 6.45) is 0.134. The maximum Gasteiger partial charge on any atom is 0.129 e. The zero-order valence-electron chi connectivity index (χ0n) is 21.1. The highest BCUT2D eigenvalue weighted by Gasteiger charge is 2.20. The third kappa shape index (κ3) is 6.05. The van der Waals surface area contributed by atoms with Gasteiger partial charge in [-0.15, -0.1) is 0 Å². The number of aliphatic hydroxyl groups is 1. The number of benzene rings is 4. The minimum Gasteiger partial charge on any atom is -0.508 e. The molecule has 4 aromatic carbocycles. The van der Waals surface area contributed by atoms with E-state index >= 15 is 0 Å².